The average molecular weight is 570 g/mol. The van der Waals surface area contributed by atoms with E-state index in [0.29, 0.717) is 42.5 Å². The number of piperidine rings is 1. The molecule has 13 heteroatoms. The quantitative estimate of drug-likeness (QED) is 0.342. The van der Waals surface area contributed by atoms with Gasteiger partial charge in [0.05, 0.1) is 24.0 Å². The number of carbonyl (C=O) groups excluding carboxylic acids is 1. The molecule has 7 rings (SSSR count). The van der Waals surface area contributed by atoms with Gasteiger partial charge in [0.1, 0.15) is 23.9 Å². The van der Waals surface area contributed by atoms with Crippen LogP contribution >= 0.6 is 0 Å². The fourth-order valence-electron chi connectivity index (χ4n) is 5.75. The van der Waals surface area contributed by atoms with Gasteiger partial charge in [-0.2, -0.15) is 15.2 Å². The van der Waals surface area contributed by atoms with Crippen LogP contribution in [-0.4, -0.2) is 75.2 Å². The predicted octanol–water partition coefficient (Wildman–Crippen LogP) is 2.52. The summed E-state index contributed by atoms with van der Waals surface area (Å²) >= 11 is 0. The van der Waals surface area contributed by atoms with Gasteiger partial charge in [0.15, 0.2) is 5.65 Å². The number of rotatable bonds is 5. The lowest BCUT2D eigenvalue weighted by Gasteiger charge is -2.38. The summed E-state index contributed by atoms with van der Waals surface area (Å²) < 4.78 is 18.1. The molecule has 5 heterocycles. The molecule has 1 saturated heterocycles. The van der Waals surface area contributed by atoms with Crippen LogP contribution in [0.4, 0.5) is 16.0 Å². The number of fused-ring (bicyclic) bond motifs is 2. The number of hydrogen-bond donors (Lipinski definition) is 1. The minimum atomic E-state index is -1.18. The van der Waals surface area contributed by atoms with Crippen molar-refractivity contribution in [1.82, 2.24) is 39.0 Å². The molecule has 3 aromatic heterocycles. The summed E-state index contributed by atoms with van der Waals surface area (Å²) in [7, 11) is 0. The number of aliphatic hydroxyl groups is 1. The van der Waals surface area contributed by atoms with Crippen LogP contribution in [0.25, 0.3) is 16.7 Å². The minimum Gasteiger partial charge on any atom is -0.388 e. The lowest BCUT2D eigenvalue weighted by molar-refractivity contribution is -0.0299. The van der Waals surface area contributed by atoms with Crippen LogP contribution in [0.2, 0.25) is 0 Å². The van der Waals surface area contributed by atoms with Crippen molar-refractivity contribution in [2.24, 2.45) is 0 Å². The number of nitrogens with zero attached hydrogens (tertiary/aromatic N) is 9. The smallest absolute Gasteiger partial charge is 0.264 e. The Morgan fingerprint density at radius 2 is 1.67 bits per heavy atom. The van der Waals surface area contributed by atoms with Crippen molar-refractivity contribution in [1.29, 1.82) is 0 Å². The number of hydrogen-bond acceptors (Lipinski definition) is 8. The van der Waals surface area contributed by atoms with Gasteiger partial charge in [-0.05, 0) is 67.8 Å². The highest BCUT2D eigenvalue weighted by Gasteiger charge is 2.35. The highest BCUT2D eigenvalue weighted by molar-refractivity contribution is 5.94. The van der Waals surface area contributed by atoms with Crippen LogP contribution in [0.1, 0.15) is 29.6 Å². The van der Waals surface area contributed by atoms with E-state index < -0.39 is 11.4 Å². The van der Waals surface area contributed by atoms with E-state index in [0.717, 1.165) is 36.8 Å². The third kappa shape index (κ3) is 4.61. The Bertz CT molecular complexity index is 1820. The molecule has 0 atom stereocenters. The van der Waals surface area contributed by atoms with Crippen LogP contribution in [0, 0.1) is 5.82 Å². The molecule has 2 aromatic carbocycles. The van der Waals surface area contributed by atoms with Crippen molar-refractivity contribution < 1.29 is 14.3 Å². The number of aromatic nitrogens is 7. The zero-order chi connectivity index (χ0) is 28.8. The molecule has 2 aliphatic rings. The van der Waals surface area contributed by atoms with Crippen LogP contribution in [0.5, 0.6) is 0 Å². The lowest BCUT2D eigenvalue weighted by Crippen LogP contribution is -2.49. The van der Waals surface area contributed by atoms with Gasteiger partial charge < -0.3 is 14.9 Å². The second-order valence-electron chi connectivity index (χ2n) is 10.8. The molecule has 2 aliphatic heterocycles. The van der Waals surface area contributed by atoms with Crippen LogP contribution in [-0.2, 0) is 13.1 Å². The number of aryl methyl sites for hydroxylation is 1. The van der Waals surface area contributed by atoms with Crippen molar-refractivity contribution in [3.8, 4) is 5.69 Å². The summed E-state index contributed by atoms with van der Waals surface area (Å²) in [6.07, 6.45) is 6.06. The maximum Gasteiger partial charge on any atom is 0.264 e. The zero-order valence-electron chi connectivity index (χ0n) is 22.7. The molecule has 0 spiro atoms. The van der Waals surface area contributed by atoms with E-state index in [9.17, 15) is 19.1 Å². The first-order valence-corrected chi connectivity index (χ1v) is 13.8. The average Bonchev–Trinajstić information content (AvgIpc) is 3.67. The minimum absolute atomic E-state index is 0.0493. The molecule has 214 valence electrons. The first kappa shape index (κ1) is 26.0. The normalized spacial score (nSPS) is 16.5. The maximum absolute atomic E-state index is 13.4. The first-order valence-electron chi connectivity index (χ1n) is 13.8. The van der Waals surface area contributed by atoms with Crippen molar-refractivity contribution in [2.75, 3.05) is 24.5 Å². The third-order valence-electron chi connectivity index (χ3n) is 8.09. The van der Waals surface area contributed by atoms with E-state index in [2.05, 4.69) is 25.1 Å². The molecular formula is C29H28FN9O3. The number of anilines is 2. The molecule has 1 fully saturated rings. The van der Waals surface area contributed by atoms with Gasteiger partial charge in [0, 0.05) is 37.4 Å². The topological polar surface area (TPSA) is 127 Å². The highest BCUT2D eigenvalue weighted by atomic mass is 19.1. The molecule has 0 radical (unpaired) electrons. The molecule has 12 nitrogen and oxygen atoms in total. The number of likely N-dealkylation sites (tertiary alicyclic amines) is 1. The number of amides is 1. The largest absolute Gasteiger partial charge is 0.388 e. The van der Waals surface area contributed by atoms with Crippen molar-refractivity contribution in [3.63, 3.8) is 0 Å². The van der Waals surface area contributed by atoms with Crippen LogP contribution in [0.3, 0.4) is 0 Å². The van der Waals surface area contributed by atoms with E-state index in [1.54, 1.807) is 15.9 Å². The molecule has 0 saturated carbocycles. The third-order valence-corrected chi connectivity index (χ3v) is 8.09. The Balaban J connectivity index is 1.06. The SMILES string of the molecule is O=C(c1ccc(F)cc1)N1CCC(O)(Cn2cnc3c(cnn3-c3ccc(N4CCCn5ncnc54)cc3)c2=O)CC1. The second-order valence-corrected chi connectivity index (χ2v) is 10.8. The van der Waals surface area contributed by atoms with E-state index in [1.165, 1.54) is 41.4 Å². The Kier molecular flexibility index (Phi) is 6.30. The number of benzene rings is 2. The predicted molar refractivity (Wildman–Crippen MR) is 151 cm³/mol. The van der Waals surface area contributed by atoms with Gasteiger partial charge in [-0.1, -0.05) is 0 Å². The molecule has 0 unspecified atom stereocenters. The Hall–Kier alpha value is -4.91. The standard InChI is InChI=1S/C29H28FN9O3/c30-21-4-2-20(3-5-21)26(40)35-14-10-29(42,11-15-35)17-36-19-32-25-24(27(36)41)16-33-39(25)23-8-6-22(7-9-23)37-12-1-13-38-28(37)31-18-34-38/h2-9,16,18-19,42H,1,10-15,17H2. The lowest BCUT2D eigenvalue weighted by atomic mass is 9.91. The maximum atomic E-state index is 13.4. The van der Waals surface area contributed by atoms with Gasteiger partial charge in [0.2, 0.25) is 5.95 Å². The second kappa shape index (κ2) is 10.2. The molecular weight excluding hydrogens is 541 g/mol. The summed E-state index contributed by atoms with van der Waals surface area (Å²) in [4.78, 5) is 38.8. The Morgan fingerprint density at radius 1 is 0.929 bits per heavy atom. The molecule has 1 N–H and O–H groups in total. The van der Waals surface area contributed by atoms with Gasteiger partial charge >= 0.3 is 0 Å². The summed E-state index contributed by atoms with van der Waals surface area (Å²) in [5.41, 5.74) is 1.09. The summed E-state index contributed by atoms with van der Waals surface area (Å²) in [5, 5.41) is 20.3. The molecule has 1 amide bonds. The van der Waals surface area contributed by atoms with Crippen molar-refractivity contribution in [3.05, 3.63) is 89.1 Å². The van der Waals surface area contributed by atoms with Gasteiger partial charge in [0.25, 0.3) is 11.5 Å². The number of halogens is 1. The Morgan fingerprint density at radius 3 is 2.43 bits per heavy atom. The molecule has 0 aliphatic carbocycles. The van der Waals surface area contributed by atoms with Crippen molar-refractivity contribution >= 4 is 28.6 Å². The number of carbonyl (C=O) groups is 1. The molecule has 5 aromatic rings. The fraction of sp³-hybridized carbons (Fsp3) is 0.310. The van der Waals surface area contributed by atoms with E-state index in [4.69, 9.17) is 0 Å². The van der Waals surface area contributed by atoms with Crippen LogP contribution in [0.15, 0.2) is 72.2 Å². The van der Waals surface area contributed by atoms with Crippen LogP contribution < -0.4 is 10.5 Å². The van der Waals surface area contributed by atoms with Gasteiger partial charge in [-0.3, -0.25) is 14.2 Å². The monoisotopic (exact) mass is 569 g/mol. The van der Waals surface area contributed by atoms with Gasteiger partial charge in [-0.15, -0.1) is 0 Å². The van der Waals surface area contributed by atoms with E-state index >= 15 is 0 Å². The summed E-state index contributed by atoms with van der Waals surface area (Å²) in [6.45, 7) is 2.38. The fourth-order valence-corrected chi connectivity index (χ4v) is 5.75. The summed E-state index contributed by atoms with van der Waals surface area (Å²) in [5.74, 6) is 0.198. The Labute approximate surface area is 239 Å². The zero-order valence-corrected chi connectivity index (χ0v) is 22.7. The van der Waals surface area contributed by atoms with E-state index in [1.807, 2.05) is 28.9 Å². The molecule has 42 heavy (non-hydrogen) atoms. The molecule has 0 bridgehead atoms. The van der Waals surface area contributed by atoms with Crippen molar-refractivity contribution in [2.45, 2.75) is 38.0 Å². The van der Waals surface area contributed by atoms with E-state index in [-0.39, 0.29) is 18.0 Å². The highest BCUT2D eigenvalue weighted by Crippen LogP contribution is 2.28. The summed E-state index contributed by atoms with van der Waals surface area (Å²) in [6, 6.07) is 13.2. The van der Waals surface area contributed by atoms with Gasteiger partial charge in [-0.25, -0.2) is 18.7 Å². The first-order chi connectivity index (χ1) is 20.4.